The van der Waals surface area contributed by atoms with Gasteiger partial charge in [0.2, 0.25) is 0 Å². The van der Waals surface area contributed by atoms with Crippen LogP contribution in [-0.2, 0) is 12.8 Å². The molecule has 2 nitrogen and oxygen atoms in total. The number of unbranched alkanes of at least 4 members (excludes halogenated alkanes) is 6. The second-order valence-electron chi connectivity index (χ2n) is 7.72. The third-order valence-corrected chi connectivity index (χ3v) is 7.63. The van der Waals surface area contributed by atoms with Crippen LogP contribution in [0.5, 0.6) is 5.75 Å². The van der Waals surface area contributed by atoms with E-state index >= 15 is 0 Å². The van der Waals surface area contributed by atoms with Crippen LogP contribution in [0.1, 0.15) is 85.3 Å². The number of carbonyl (C=O) groups excluding carboxylic acids is 1. The second-order valence-corrected chi connectivity index (χ2v) is 10.2. The van der Waals surface area contributed by atoms with Crippen molar-refractivity contribution in [1.82, 2.24) is 0 Å². The van der Waals surface area contributed by atoms with E-state index in [0.717, 1.165) is 12.8 Å². The number of thiophene rings is 2. The molecule has 3 aromatic rings. The highest BCUT2D eigenvalue weighted by Gasteiger charge is 2.15. The molecule has 0 saturated heterocycles. The Labute approximate surface area is 182 Å². The summed E-state index contributed by atoms with van der Waals surface area (Å²) in [5, 5.41) is 1.18. The van der Waals surface area contributed by atoms with Crippen LogP contribution < -0.4 is 4.74 Å². The van der Waals surface area contributed by atoms with Gasteiger partial charge in [-0.3, -0.25) is 0 Å². The number of carbonyl (C=O) groups is 1. The monoisotopic (exact) mass is 428 g/mol. The Hall–Kier alpha value is -1.65. The molecule has 0 fully saturated rings. The Morgan fingerprint density at radius 3 is 2.24 bits per heavy atom. The molecule has 156 valence electrons. The topological polar surface area (TPSA) is 26.3 Å². The van der Waals surface area contributed by atoms with Crippen LogP contribution in [0, 0.1) is 0 Å². The zero-order chi connectivity index (χ0) is 20.5. The number of benzene rings is 1. The van der Waals surface area contributed by atoms with E-state index in [0.29, 0.717) is 10.6 Å². The van der Waals surface area contributed by atoms with Crippen LogP contribution in [0.2, 0.25) is 0 Å². The van der Waals surface area contributed by atoms with Gasteiger partial charge in [-0.25, -0.2) is 4.79 Å². The Kier molecular flexibility index (Phi) is 8.75. The Balaban J connectivity index is 1.51. The van der Waals surface area contributed by atoms with Crippen molar-refractivity contribution in [2.24, 2.45) is 0 Å². The molecule has 1 aromatic carbocycles. The van der Waals surface area contributed by atoms with Gasteiger partial charge in [0.05, 0.1) is 4.01 Å². The van der Waals surface area contributed by atoms with Gasteiger partial charge in [-0.1, -0.05) is 64.5 Å². The Morgan fingerprint density at radius 1 is 0.828 bits per heavy atom. The van der Waals surface area contributed by atoms with E-state index in [-0.39, 0.29) is 5.97 Å². The van der Waals surface area contributed by atoms with Crippen LogP contribution in [0.25, 0.3) is 9.40 Å². The average molecular weight is 429 g/mol. The molecule has 0 aliphatic rings. The maximum absolute atomic E-state index is 12.5. The van der Waals surface area contributed by atoms with E-state index < -0.39 is 0 Å². The standard InChI is InChI=1S/C25H32O2S2/c1-3-5-7-8-10-11-19-13-15-21(16-14-19)27-24(26)23-18-20-17-22(12-9-6-4-2)28-25(20)29-23/h13-18H,3-12H2,1-2H3. The highest BCUT2D eigenvalue weighted by atomic mass is 32.2. The molecule has 0 aliphatic heterocycles. The van der Waals surface area contributed by atoms with Gasteiger partial charge in [-0.2, -0.15) is 0 Å². The van der Waals surface area contributed by atoms with Crippen molar-refractivity contribution < 1.29 is 9.53 Å². The molecule has 0 saturated carbocycles. The van der Waals surface area contributed by atoms with Crippen LogP contribution in [0.3, 0.4) is 0 Å². The van der Waals surface area contributed by atoms with Crippen molar-refractivity contribution in [2.45, 2.75) is 78.1 Å². The van der Waals surface area contributed by atoms with E-state index in [2.05, 4.69) is 32.0 Å². The Bertz CT molecular complexity index is 858. The Morgan fingerprint density at radius 2 is 1.52 bits per heavy atom. The maximum Gasteiger partial charge on any atom is 0.353 e. The lowest BCUT2D eigenvalue weighted by molar-refractivity contribution is 0.0740. The summed E-state index contributed by atoms with van der Waals surface area (Å²) in [5.74, 6) is 0.375. The average Bonchev–Trinajstić information content (AvgIpc) is 3.28. The summed E-state index contributed by atoms with van der Waals surface area (Å²) < 4.78 is 6.82. The van der Waals surface area contributed by atoms with Gasteiger partial charge >= 0.3 is 5.97 Å². The lowest BCUT2D eigenvalue weighted by atomic mass is 10.1. The van der Waals surface area contributed by atoms with Gasteiger partial charge in [0.15, 0.2) is 0 Å². The van der Waals surface area contributed by atoms with Crippen molar-refractivity contribution in [2.75, 3.05) is 0 Å². The third kappa shape index (κ3) is 6.68. The molecule has 0 radical (unpaired) electrons. The zero-order valence-corrected chi connectivity index (χ0v) is 19.3. The summed E-state index contributed by atoms with van der Waals surface area (Å²) in [6.45, 7) is 4.47. The minimum atomic E-state index is -0.252. The number of esters is 1. The fourth-order valence-corrected chi connectivity index (χ4v) is 5.89. The van der Waals surface area contributed by atoms with Crippen LogP contribution in [0.4, 0.5) is 0 Å². The normalized spacial score (nSPS) is 11.2. The summed E-state index contributed by atoms with van der Waals surface area (Å²) in [5.41, 5.74) is 1.31. The predicted molar refractivity (Wildman–Crippen MR) is 127 cm³/mol. The smallest absolute Gasteiger partial charge is 0.353 e. The van der Waals surface area contributed by atoms with Gasteiger partial charge in [-0.15, -0.1) is 22.7 Å². The molecular formula is C25H32O2S2. The van der Waals surface area contributed by atoms with Gasteiger partial charge in [-0.05, 0) is 55.5 Å². The summed E-state index contributed by atoms with van der Waals surface area (Å²) in [7, 11) is 0. The summed E-state index contributed by atoms with van der Waals surface area (Å²) in [6, 6.07) is 12.2. The highest BCUT2D eigenvalue weighted by molar-refractivity contribution is 7.39. The molecule has 0 bridgehead atoms. The van der Waals surface area contributed by atoms with E-state index in [9.17, 15) is 4.79 Å². The molecule has 0 unspecified atom stereocenters. The van der Waals surface area contributed by atoms with Crippen molar-refractivity contribution in [3.05, 3.63) is 51.7 Å². The molecule has 29 heavy (non-hydrogen) atoms. The van der Waals surface area contributed by atoms with Crippen LogP contribution in [0.15, 0.2) is 36.4 Å². The summed E-state index contributed by atoms with van der Waals surface area (Å²) >= 11 is 3.37. The van der Waals surface area contributed by atoms with E-state index in [1.165, 1.54) is 71.2 Å². The van der Waals surface area contributed by atoms with Crippen LogP contribution >= 0.6 is 22.7 Å². The van der Waals surface area contributed by atoms with Crippen LogP contribution in [-0.4, -0.2) is 5.97 Å². The fourth-order valence-electron chi connectivity index (χ4n) is 3.48. The molecular weight excluding hydrogens is 396 g/mol. The van der Waals surface area contributed by atoms with E-state index in [1.54, 1.807) is 11.3 Å². The first kappa shape index (κ1) is 22.0. The molecule has 0 N–H and O–H groups in total. The molecule has 2 aromatic heterocycles. The zero-order valence-electron chi connectivity index (χ0n) is 17.7. The number of rotatable bonds is 12. The van der Waals surface area contributed by atoms with Crippen molar-refractivity contribution in [3.8, 4) is 5.75 Å². The molecule has 0 atom stereocenters. The van der Waals surface area contributed by atoms with E-state index in [1.807, 2.05) is 29.5 Å². The second kappa shape index (κ2) is 11.5. The molecule has 4 heteroatoms. The van der Waals surface area contributed by atoms with Crippen molar-refractivity contribution in [1.29, 1.82) is 0 Å². The molecule has 0 amide bonds. The summed E-state index contributed by atoms with van der Waals surface area (Å²) in [6.07, 6.45) is 12.5. The lowest BCUT2D eigenvalue weighted by Crippen LogP contribution is -2.06. The third-order valence-electron chi connectivity index (χ3n) is 5.20. The summed E-state index contributed by atoms with van der Waals surface area (Å²) in [4.78, 5) is 14.6. The largest absolute Gasteiger partial charge is 0.422 e. The number of hydrogen-bond acceptors (Lipinski definition) is 4. The number of fused-ring (bicyclic) bond motifs is 1. The predicted octanol–water partition coefficient (Wildman–Crippen LogP) is 8.43. The molecule has 2 heterocycles. The number of ether oxygens (including phenoxy) is 1. The molecule has 0 spiro atoms. The first-order valence-corrected chi connectivity index (χ1v) is 12.7. The SMILES string of the molecule is CCCCCCCc1ccc(OC(=O)c2cc3cc(CCCCC)sc3s2)cc1. The minimum Gasteiger partial charge on any atom is -0.422 e. The first-order chi connectivity index (χ1) is 14.2. The highest BCUT2D eigenvalue weighted by Crippen LogP contribution is 2.34. The molecule has 3 rings (SSSR count). The van der Waals surface area contributed by atoms with Crippen molar-refractivity contribution in [3.63, 3.8) is 0 Å². The minimum absolute atomic E-state index is 0.252. The van der Waals surface area contributed by atoms with Gasteiger partial charge < -0.3 is 4.74 Å². The van der Waals surface area contributed by atoms with Gasteiger partial charge in [0.25, 0.3) is 0 Å². The number of hydrogen-bond donors (Lipinski definition) is 0. The molecule has 0 aliphatic carbocycles. The maximum atomic E-state index is 12.5. The van der Waals surface area contributed by atoms with E-state index in [4.69, 9.17) is 4.74 Å². The van der Waals surface area contributed by atoms with Crippen molar-refractivity contribution >= 4 is 38.0 Å². The van der Waals surface area contributed by atoms with Gasteiger partial charge in [0, 0.05) is 10.3 Å². The lowest BCUT2D eigenvalue weighted by Gasteiger charge is -2.05. The quantitative estimate of drug-likeness (QED) is 0.164. The first-order valence-electron chi connectivity index (χ1n) is 11.0. The number of aryl methyl sites for hydroxylation is 2. The fraction of sp³-hybridized carbons (Fsp3) is 0.480. The van der Waals surface area contributed by atoms with Gasteiger partial charge in [0.1, 0.15) is 10.6 Å².